The average molecular weight is 450 g/mol. The summed E-state index contributed by atoms with van der Waals surface area (Å²) in [6.07, 6.45) is 0.802. The van der Waals surface area contributed by atoms with Crippen molar-refractivity contribution in [3.63, 3.8) is 0 Å². The Labute approximate surface area is 190 Å². The number of carboxylic acid groups (broad SMARTS) is 1. The highest BCUT2D eigenvalue weighted by molar-refractivity contribution is 5.68. The summed E-state index contributed by atoms with van der Waals surface area (Å²) >= 11 is 0. The Hall–Kier alpha value is -3.74. The maximum absolute atomic E-state index is 14.8. The fraction of sp³-hybridized carbons (Fsp3) is 0.269. The second-order valence-corrected chi connectivity index (χ2v) is 8.17. The molecule has 1 aliphatic carbocycles. The van der Waals surface area contributed by atoms with Crippen molar-refractivity contribution < 1.29 is 33.2 Å². The highest BCUT2D eigenvalue weighted by Gasteiger charge is 2.32. The van der Waals surface area contributed by atoms with Crippen molar-refractivity contribution in [3.8, 4) is 28.7 Å². The first-order valence-corrected chi connectivity index (χ1v) is 10.8. The number of hydrogen-bond acceptors (Lipinski definition) is 5. The van der Waals surface area contributed by atoms with E-state index in [4.69, 9.17) is 24.1 Å². The number of hydrogen-bond donors (Lipinski definition) is 1. The quantitative estimate of drug-likeness (QED) is 0.502. The summed E-state index contributed by atoms with van der Waals surface area (Å²) in [5, 5.41) is 9.07. The van der Waals surface area contributed by atoms with Crippen LogP contribution in [0.4, 0.5) is 4.39 Å². The third-order valence-electron chi connectivity index (χ3n) is 6.07. The Kier molecular flexibility index (Phi) is 5.54. The summed E-state index contributed by atoms with van der Waals surface area (Å²) < 4.78 is 38.0. The van der Waals surface area contributed by atoms with Crippen LogP contribution in [0.1, 0.15) is 41.6 Å². The van der Waals surface area contributed by atoms with E-state index in [0.717, 1.165) is 11.1 Å². The van der Waals surface area contributed by atoms with Gasteiger partial charge in [-0.3, -0.25) is 4.79 Å². The molecule has 1 heterocycles. The smallest absolute Gasteiger partial charge is 0.304 e. The van der Waals surface area contributed by atoms with Gasteiger partial charge < -0.3 is 24.1 Å². The van der Waals surface area contributed by atoms with Gasteiger partial charge in [-0.1, -0.05) is 12.1 Å². The molecule has 1 unspecified atom stereocenters. The number of aliphatic carboxylic acids is 1. The van der Waals surface area contributed by atoms with Crippen LogP contribution in [0.5, 0.6) is 28.7 Å². The highest BCUT2D eigenvalue weighted by Crippen LogP contribution is 2.44. The third-order valence-corrected chi connectivity index (χ3v) is 6.07. The monoisotopic (exact) mass is 450 g/mol. The van der Waals surface area contributed by atoms with Gasteiger partial charge >= 0.3 is 5.97 Å². The molecule has 0 spiro atoms. The van der Waals surface area contributed by atoms with Gasteiger partial charge in [0.2, 0.25) is 0 Å². The van der Waals surface area contributed by atoms with E-state index in [1.54, 1.807) is 31.4 Å². The first-order valence-electron chi connectivity index (χ1n) is 10.8. The van der Waals surface area contributed by atoms with Gasteiger partial charge in [-0.2, -0.15) is 0 Å². The maximum Gasteiger partial charge on any atom is 0.304 e. The molecule has 2 aliphatic rings. The molecule has 2 atom stereocenters. The van der Waals surface area contributed by atoms with Crippen LogP contribution in [0.3, 0.4) is 0 Å². The largest absolute Gasteiger partial charge is 0.497 e. The van der Waals surface area contributed by atoms with Crippen LogP contribution in [-0.2, 0) is 11.2 Å². The van der Waals surface area contributed by atoms with Crippen LogP contribution in [0, 0.1) is 5.82 Å². The molecule has 0 aromatic heterocycles. The fourth-order valence-electron chi connectivity index (χ4n) is 4.52. The Morgan fingerprint density at radius 3 is 2.79 bits per heavy atom. The maximum atomic E-state index is 14.8. The lowest BCUT2D eigenvalue weighted by Crippen LogP contribution is -2.07. The van der Waals surface area contributed by atoms with Crippen molar-refractivity contribution in [1.82, 2.24) is 0 Å². The van der Waals surface area contributed by atoms with Crippen molar-refractivity contribution in [3.05, 3.63) is 77.1 Å². The number of halogens is 1. The third kappa shape index (κ3) is 4.18. The van der Waals surface area contributed by atoms with Crippen LogP contribution < -0.4 is 18.9 Å². The lowest BCUT2D eigenvalue weighted by atomic mass is 9.98. The van der Waals surface area contributed by atoms with Crippen LogP contribution in [0.15, 0.2) is 54.6 Å². The predicted octanol–water partition coefficient (Wildman–Crippen LogP) is 5.64. The molecule has 7 heteroatoms. The molecule has 0 bridgehead atoms. The number of benzene rings is 3. The van der Waals surface area contributed by atoms with Gasteiger partial charge in [-0.25, -0.2) is 4.39 Å². The molecule has 0 amide bonds. The van der Waals surface area contributed by atoms with Gasteiger partial charge in [0.25, 0.3) is 0 Å². The number of ether oxygens (including phenoxy) is 4. The van der Waals surface area contributed by atoms with Gasteiger partial charge in [0.15, 0.2) is 0 Å². The number of fused-ring (bicyclic) bond motifs is 2. The molecule has 0 radical (unpaired) electrons. The zero-order valence-corrected chi connectivity index (χ0v) is 18.0. The number of carboxylic acids is 1. The second-order valence-electron chi connectivity index (χ2n) is 8.17. The molecule has 1 N–H and O–H groups in total. The van der Waals surface area contributed by atoms with E-state index in [0.29, 0.717) is 53.8 Å². The molecule has 0 fully saturated rings. The van der Waals surface area contributed by atoms with Crippen molar-refractivity contribution >= 4 is 5.97 Å². The Morgan fingerprint density at radius 1 is 1.12 bits per heavy atom. The molecular weight excluding hydrogens is 427 g/mol. The zero-order valence-electron chi connectivity index (χ0n) is 18.0. The van der Waals surface area contributed by atoms with E-state index < -0.39 is 12.1 Å². The first kappa shape index (κ1) is 21.1. The van der Waals surface area contributed by atoms with E-state index in [2.05, 4.69) is 0 Å². The second kappa shape index (κ2) is 8.65. The summed E-state index contributed by atoms with van der Waals surface area (Å²) in [7, 11) is 1.59. The molecule has 5 rings (SSSR count). The van der Waals surface area contributed by atoms with Crippen molar-refractivity contribution in [1.29, 1.82) is 0 Å². The molecule has 170 valence electrons. The molecule has 3 aromatic carbocycles. The number of methoxy groups -OCH3 is 1. The summed E-state index contributed by atoms with van der Waals surface area (Å²) in [5.74, 6) is 1.70. The van der Waals surface area contributed by atoms with E-state index in [9.17, 15) is 9.18 Å². The molecule has 0 saturated carbocycles. The molecular formula is C26H23FO6. The van der Waals surface area contributed by atoms with Crippen LogP contribution >= 0.6 is 0 Å². The van der Waals surface area contributed by atoms with E-state index in [1.165, 1.54) is 6.07 Å². The first-order chi connectivity index (χ1) is 16.0. The van der Waals surface area contributed by atoms with Crippen molar-refractivity contribution in [2.75, 3.05) is 13.7 Å². The minimum Gasteiger partial charge on any atom is -0.497 e. The summed E-state index contributed by atoms with van der Waals surface area (Å²) in [5.41, 5.74) is 2.15. The zero-order chi connectivity index (χ0) is 22.9. The lowest BCUT2D eigenvalue weighted by Gasteiger charge is -2.17. The van der Waals surface area contributed by atoms with E-state index in [1.807, 2.05) is 24.3 Å². The topological polar surface area (TPSA) is 74.2 Å². The summed E-state index contributed by atoms with van der Waals surface area (Å²) in [6, 6.07) is 15.7. The number of rotatable bonds is 7. The highest BCUT2D eigenvalue weighted by atomic mass is 19.1. The average Bonchev–Trinajstić information content (AvgIpc) is 3.40. The van der Waals surface area contributed by atoms with Gasteiger partial charge in [-0.15, -0.1) is 0 Å². The van der Waals surface area contributed by atoms with Gasteiger partial charge in [0.05, 0.1) is 20.1 Å². The minimum absolute atomic E-state index is 0.0183. The normalized spacial score (nSPS) is 18.2. The Balaban J connectivity index is 1.37. The van der Waals surface area contributed by atoms with Gasteiger partial charge in [0.1, 0.15) is 40.7 Å². The van der Waals surface area contributed by atoms with Crippen molar-refractivity contribution in [2.24, 2.45) is 0 Å². The van der Waals surface area contributed by atoms with Crippen molar-refractivity contribution in [2.45, 2.75) is 31.3 Å². The van der Waals surface area contributed by atoms with Gasteiger partial charge in [-0.05, 0) is 43.2 Å². The molecule has 3 aromatic rings. The summed E-state index contributed by atoms with van der Waals surface area (Å²) in [6.45, 7) is 0.330. The molecule has 0 saturated heterocycles. The minimum atomic E-state index is -0.859. The van der Waals surface area contributed by atoms with Crippen LogP contribution in [-0.4, -0.2) is 24.8 Å². The standard InChI is InChI=1S/C26H23FO6/c1-30-16-3-2-4-17(12-16)32-22-10-8-21(27)26-20(22)7-9-23(26)33-18-5-6-19-15(11-25(28)29)14-31-24(19)13-18/h2-6,8,10,12-13,15,23H,7,9,11,14H2,1H3,(H,28,29)/t15?,23-/m1/s1. The Morgan fingerprint density at radius 2 is 1.97 bits per heavy atom. The molecule has 6 nitrogen and oxygen atoms in total. The molecule has 33 heavy (non-hydrogen) atoms. The molecule has 1 aliphatic heterocycles. The van der Waals surface area contributed by atoms with E-state index in [-0.39, 0.29) is 18.2 Å². The Bertz CT molecular complexity index is 1210. The number of carbonyl (C=O) groups is 1. The van der Waals surface area contributed by atoms with E-state index >= 15 is 0 Å². The lowest BCUT2D eigenvalue weighted by molar-refractivity contribution is -0.137. The fourth-order valence-corrected chi connectivity index (χ4v) is 4.52. The van der Waals surface area contributed by atoms with Crippen LogP contribution in [0.2, 0.25) is 0 Å². The SMILES string of the molecule is COc1cccc(Oc2ccc(F)c3c2CC[C@H]3Oc2ccc3c(c2)OCC3CC(=O)O)c1. The summed E-state index contributed by atoms with van der Waals surface area (Å²) in [4.78, 5) is 11.1. The predicted molar refractivity (Wildman–Crippen MR) is 118 cm³/mol. The van der Waals surface area contributed by atoms with Crippen LogP contribution in [0.25, 0.3) is 0 Å². The van der Waals surface area contributed by atoms with Gasteiger partial charge in [0, 0.05) is 34.7 Å².